The Morgan fingerprint density at radius 1 is 1.21 bits per heavy atom. The van der Waals surface area contributed by atoms with Gasteiger partial charge in [0.2, 0.25) is 0 Å². The van der Waals surface area contributed by atoms with Gasteiger partial charge in [-0.05, 0) is 73.6 Å². The van der Waals surface area contributed by atoms with Crippen molar-refractivity contribution in [2.45, 2.75) is 51.5 Å². The van der Waals surface area contributed by atoms with Crippen LogP contribution in [0.25, 0.3) is 5.52 Å². The van der Waals surface area contributed by atoms with Crippen LogP contribution in [0.3, 0.4) is 0 Å². The molecule has 4 rings (SSSR count). The van der Waals surface area contributed by atoms with Crippen LogP contribution in [0.4, 0.5) is 13.2 Å². The number of benzene rings is 1. The Labute approximate surface area is 194 Å². The van der Waals surface area contributed by atoms with Crippen LogP contribution in [-0.4, -0.2) is 23.3 Å². The van der Waals surface area contributed by atoms with E-state index in [1.807, 2.05) is 18.3 Å². The summed E-state index contributed by atoms with van der Waals surface area (Å²) in [5.41, 5.74) is 3.63. The van der Waals surface area contributed by atoms with Gasteiger partial charge in [0, 0.05) is 23.5 Å². The number of hydrogen-bond donors (Lipinski definition) is 0. The van der Waals surface area contributed by atoms with Crippen LogP contribution in [-0.2, 0) is 22.6 Å². The van der Waals surface area contributed by atoms with Gasteiger partial charge in [-0.25, -0.2) is 0 Å². The molecule has 178 valence electrons. The van der Waals surface area contributed by atoms with E-state index >= 15 is 0 Å². The molecule has 0 bridgehead atoms. The summed E-state index contributed by atoms with van der Waals surface area (Å²) in [4.78, 5) is 12.0. The maximum atomic E-state index is 12.6. The zero-order valence-electron chi connectivity index (χ0n) is 18.5. The first-order valence-corrected chi connectivity index (χ1v) is 11.0. The number of nitrogens with zero attached hydrogens (tertiary/aromatic N) is 2. The van der Waals surface area contributed by atoms with Crippen LogP contribution >= 0.6 is 0 Å². The van der Waals surface area contributed by atoms with E-state index in [2.05, 4.69) is 15.2 Å². The molecule has 1 aliphatic rings. The van der Waals surface area contributed by atoms with Crippen molar-refractivity contribution in [3.63, 3.8) is 0 Å². The van der Waals surface area contributed by atoms with Crippen molar-refractivity contribution in [2.75, 3.05) is 6.61 Å². The second-order valence-corrected chi connectivity index (χ2v) is 8.12. The molecule has 6 nitrogen and oxygen atoms in total. The summed E-state index contributed by atoms with van der Waals surface area (Å²) in [7, 11) is 0. The molecule has 0 spiro atoms. The van der Waals surface area contributed by atoms with Crippen LogP contribution in [0, 0.1) is 11.3 Å². The minimum Gasteiger partial charge on any atom is -0.489 e. The Hall–Kier alpha value is -3.67. The van der Waals surface area contributed by atoms with Gasteiger partial charge in [-0.3, -0.25) is 4.79 Å². The van der Waals surface area contributed by atoms with Gasteiger partial charge in [-0.15, -0.1) is 13.2 Å². The Bertz CT molecular complexity index is 1240. The topological polar surface area (TPSA) is 73.0 Å². The van der Waals surface area contributed by atoms with E-state index in [1.165, 1.54) is 12.1 Å². The summed E-state index contributed by atoms with van der Waals surface area (Å²) in [6.07, 6.45) is 0.198. The lowest BCUT2D eigenvalue weighted by Crippen LogP contribution is -2.17. The maximum absolute atomic E-state index is 12.6. The van der Waals surface area contributed by atoms with Crippen molar-refractivity contribution in [3.05, 3.63) is 65.0 Å². The first-order valence-electron chi connectivity index (χ1n) is 11.0. The van der Waals surface area contributed by atoms with Crippen molar-refractivity contribution >= 4 is 11.5 Å². The summed E-state index contributed by atoms with van der Waals surface area (Å²) < 4.78 is 54.7. The highest BCUT2D eigenvalue weighted by molar-refractivity contribution is 5.71. The highest BCUT2D eigenvalue weighted by atomic mass is 19.4. The second-order valence-electron chi connectivity index (χ2n) is 8.12. The van der Waals surface area contributed by atoms with Gasteiger partial charge in [0.25, 0.3) is 0 Å². The lowest BCUT2D eigenvalue weighted by molar-refractivity contribution is -0.274. The molecular formula is C25H23F3N2O4. The van der Waals surface area contributed by atoms with Crippen LogP contribution < -0.4 is 9.47 Å². The first kappa shape index (κ1) is 23.5. The Balaban J connectivity index is 1.53. The van der Waals surface area contributed by atoms with E-state index in [0.717, 1.165) is 42.1 Å². The summed E-state index contributed by atoms with van der Waals surface area (Å²) in [5, 5.41) is 9.12. The van der Waals surface area contributed by atoms with Crippen LogP contribution in [0.2, 0.25) is 0 Å². The molecule has 1 aromatic carbocycles. The molecule has 0 aliphatic heterocycles. The molecular weight excluding hydrogens is 449 g/mol. The molecule has 9 heteroatoms. The molecule has 34 heavy (non-hydrogen) atoms. The molecule has 1 unspecified atom stereocenters. The summed E-state index contributed by atoms with van der Waals surface area (Å²) in [6, 6.07) is 11.2. The molecule has 0 fully saturated rings. The van der Waals surface area contributed by atoms with Crippen molar-refractivity contribution in [2.24, 2.45) is 0 Å². The maximum Gasteiger partial charge on any atom is 0.573 e. The number of aromatic nitrogens is 1. The van der Waals surface area contributed by atoms with Crippen molar-refractivity contribution in [3.8, 4) is 17.6 Å². The molecule has 0 saturated heterocycles. The third-order valence-corrected chi connectivity index (χ3v) is 5.74. The Morgan fingerprint density at radius 2 is 2.03 bits per heavy atom. The molecule has 3 aromatic rings. The number of rotatable bonds is 7. The average Bonchev–Trinajstić information content (AvgIpc) is 3.15. The van der Waals surface area contributed by atoms with E-state index in [9.17, 15) is 18.0 Å². The minimum absolute atomic E-state index is 0.0359. The van der Waals surface area contributed by atoms with Crippen LogP contribution in [0.1, 0.15) is 54.5 Å². The molecule has 1 atom stereocenters. The minimum atomic E-state index is -4.85. The average molecular weight is 472 g/mol. The number of nitriles is 1. The lowest BCUT2D eigenvalue weighted by Gasteiger charge is -2.22. The largest absolute Gasteiger partial charge is 0.573 e. The number of fused-ring (bicyclic) bond motifs is 3. The SMILES string of the molecule is CCOC(=O)CC1CCCc2c1cc1cc(OCc3cc(C#N)cc(OC(F)(F)F)c3)ccn21. The molecule has 0 radical (unpaired) electrons. The van der Waals surface area contributed by atoms with Crippen molar-refractivity contribution < 1.29 is 32.2 Å². The number of esters is 1. The monoisotopic (exact) mass is 472 g/mol. The van der Waals surface area contributed by atoms with Gasteiger partial charge in [0.05, 0.1) is 24.7 Å². The van der Waals surface area contributed by atoms with E-state index in [-0.39, 0.29) is 24.1 Å². The number of carbonyl (C=O) groups is 1. The van der Waals surface area contributed by atoms with Crippen molar-refractivity contribution in [1.29, 1.82) is 5.26 Å². The van der Waals surface area contributed by atoms with Crippen LogP contribution in [0.15, 0.2) is 42.6 Å². The molecule has 1 aliphatic carbocycles. The predicted octanol–water partition coefficient (Wildman–Crippen LogP) is 5.66. The number of alkyl halides is 3. The zero-order chi connectivity index (χ0) is 24.3. The van der Waals surface area contributed by atoms with Gasteiger partial charge in [0.15, 0.2) is 0 Å². The molecule has 0 amide bonds. The quantitative estimate of drug-likeness (QED) is 0.415. The standard InChI is InChI=1S/C25H23F3N2O4/c1-2-32-24(31)11-18-4-3-5-23-22(18)13-19-12-20(6-7-30(19)23)33-15-17-8-16(14-29)9-21(10-17)34-25(26,27)28/h6-10,12-13,18H,2-5,11,15H2,1H3. The van der Waals surface area contributed by atoms with Crippen LogP contribution in [0.5, 0.6) is 11.5 Å². The first-order chi connectivity index (χ1) is 16.3. The smallest absolute Gasteiger partial charge is 0.489 e. The van der Waals surface area contributed by atoms with E-state index < -0.39 is 12.1 Å². The number of halogens is 3. The van der Waals surface area contributed by atoms with Gasteiger partial charge in [-0.1, -0.05) is 0 Å². The second kappa shape index (κ2) is 9.67. The third kappa shape index (κ3) is 5.45. The van der Waals surface area contributed by atoms with E-state index in [0.29, 0.717) is 24.3 Å². The van der Waals surface area contributed by atoms with Gasteiger partial charge < -0.3 is 18.6 Å². The molecule has 0 N–H and O–H groups in total. The summed E-state index contributed by atoms with van der Waals surface area (Å²) in [6.45, 7) is 2.11. The van der Waals surface area contributed by atoms with Gasteiger partial charge in [0.1, 0.15) is 18.1 Å². The predicted molar refractivity (Wildman–Crippen MR) is 116 cm³/mol. The highest BCUT2D eigenvalue weighted by Gasteiger charge is 2.31. The molecule has 2 heterocycles. The fourth-order valence-electron chi connectivity index (χ4n) is 4.42. The van der Waals surface area contributed by atoms with Crippen molar-refractivity contribution in [1.82, 2.24) is 4.40 Å². The summed E-state index contributed by atoms with van der Waals surface area (Å²) >= 11 is 0. The Morgan fingerprint density at radius 3 is 2.76 bits per heavy atom. The fraction of sp³-hybridized carbons (Fsp3) is 0.360. The molecule has 2 aromatic heterocycles. The third-order valence-electron chi connectivity index (χ3n) is 5.74. The van der Waals surface area contributed by atoms with E-state index in [1.54, 1.807) is 13.0 Å². The van der Waals surface area contributed by atoms with Gasteiger partial charge in [-0.2, -0.15) is 5.26 Å². The Kier molecular flexibility index (Phi) is 6.68. The van der Waals surface area contributed by atoms with E-state index in [4.69, 9.17) is 14.7 Å². The number of ether oxygens (including phenoxy) is 3. The normalized spacial score (nSPS) is 15.4. The zero-order valence-corrected chi connectivity index (χ0v) is 18.5. The van der Waals surface area contributed by atoms with Gasteiger partial charge >= 0.3 is 12.3 Å². The number of pyridine rings is 1. The molecule has 0 saturated carbocycles. The number of carbonyl (C=O) groups excluding carboxylic acids is 1. The fourth-order valence-corrected chi connectivity index (χ4v) is 4.42. The highest BCUT2D eigenvalue weighted by Crippen LogP contribution is 2.37. The number of hydrogen-bond acceptors (Lipinski definition) is 5. The summed E-state index contributed by atoms with van der Waals surface area (Å²) in [5.74, 6) is -0.0293. The number of aryl methyl sites for hydroxylation is 1. The lowest BCUT2D eigenvalue weighted by atomic mass is 9.85.